The zero-order chi connectivity index (χ0) is 13.9. The van der Waals surface area contributed by atoms with Gasteiger partial charge in [-0.1, -0.05) is 42.5 Å². The molecule has 1 atom stereocenters. The number of amides is 1. The molecule has 19 heavy (non-hydrogen) atoms. The Morgan fingerprint density at radius 3 is 2.84 bits per heavy atom. The number of carbonyl (C=O) groups excluding carboxylic acids is 1. The highest BCUT2D eigenvalue weighted by Gasteiger charge is 2.42. The normalized spacial score (nSPS) is 22.1. The maximum atomic E-state index is 12.1. The fraction of sp³-hybridized carbons (Fsp3) is 0.333. The third-order valence-electron chi connectivity index (χ3n) is 3.24. The first-order chi connectivity index (χ1) is 9.05. The van der Waals surface area contributed by atoms with Crippen LogP contribution in [0.4, 0.5) is 4.79 Å². The van der Waals surface area contributed by atoms with Gasteiger partial charge in [-0.05, 0) is 12.5 Å². The second-order valence-electron chi connectivity index (χ2n) is 4.94. The number of carbonyl (C=O) groups is 1. The molecule has 1 amide bonds. The van der Waals surface area contributed by atoms with Gasteiger partial charge in [-0.2, -0.15) is 5.26 Å². The summed E-state index contributed by atoms with van der Waals surface area (Å²) in [4.78, 5) is 13.5. The molecule has 1 heterocycles. The molecule has 2 rings (SSSR count). The van der Waals surface area contributed by atoms with Gasteiger partial charge in [0, 0.05) is 13.0 Å². The van der Waals surface area contributed by atoms with Crippen molar-refractivity contribution in [2.75, 3.05) is 6.54 Å². The summed E-state index contributed by atoms with van der Waals surface area (Å²) in [6, 6.07) is 11.6. The second kappa shape index (κ2) is 5.15. The Morgan fingerprint density at radius 1 is 1.53 bits per heavy atom. The first kappa shape index (κ1) is 13.2. The molecule has 0 unspecified atom stereocenters. The monoisotopic (exact) mass is 256 g/mol. The van der Waals surface area contributed by atoms with E-state index in [9.17, 15) is 10.1 Å². The third kappa shape index (κ3) is 2.76. The fourth-order valence-electron chi connectivity index (χ4n) is 2.20. The Labute approximate surface area is 112 Å². The van der Waals surface area contributed by atoms with Crippen LogP contribution < -0.4 is 0 Å². The van der Waals surface area contributed by atoms with Gasteiger partial charge < -0.3 is 4.74 Å². The highest BCUT2D eigenvalue weighted by molar-refractivity contribution is 5.71. The molecule has 1 saturated heterocycles. The van der Waals surface area contributed by atoms with E-state index in [1.807, 2.05) is 30.3 Å². The quantitative estimate of drug-likeness (QED) is 0.764. The van der Waals surface area contributed by atoms with Crippen LogP contribution in [0.5, 0.6) is 0 Å². The van der Waals surface area contributed by atoms with Crippen LogP contribution in [0.1, 0.15) is 18.9 Å². The molecule has 0 aromatic heterocycles. The summed E-state index contributed by atoms with van der Waals surface area (Å²) in [5.41, 5.74) is 0.957. The summed E-state index contributed by atoms with van der Waals surface area (Å²) in [6.45, 7) is 6.18. The Bertz CT molecular complexity index is 533. The summed E-state index contributed by atoms with van der Waals surface area (Å²) >= 11 is 0. The Morgan fingerprint density at radius 2 is 2.21 bits per heavy atom. The van der Waals surface area contributed by atoms with Crippen LogP contribution >= 0.6 is 0 Å². The maximum absolute atomic E-state index is 12.1. The summed E-state index contributed by atoms with van der Waals surface area (Å²) in [5, 5.41) is 9.21. The van der Waals surface area contributed by atoms with Crippen LogP contribution in [0.25, 0.3) is 0 Å². The molecule has 0 radical (unpaired) electrons. The van der Waals surface area contributed by atoms with Gasteiger partial charge in [0.15, 0.2) is 0 Å². The van der Waals surface area contributed by atoms with Gasteiger partial charge in [-0.3, -0.25) is 4.90 Å². The lowest BCUT2D eigenvalue weighted by Crippen LogP contribution is -2.44. The molecule has 0 spiro atoms. The van der Waals surface area contributed by atoms with E-state index >= 15 is 0 Å². The fourth-order valence-corrected chi connectivity index (χ4v) is 2.20. The molecule has 0 bridgehead atoms. The van der Waals surface area contributed by atoms with Crippen molar-refractivity contribution in [2.45, 2.75) is 25.5 Å². The number of nitrogens with zero attached hydrogens (tertiary/aromatic N) is 2. The Hall–Kier alpha value is -2.28. The first-order valence-corrected chi connectivity index (χ1v) is 6.11. The summed E-state index contributed by atoms with van der Waals surface area (Å²) in [6.07, 6.45) is 0.0378. The highest BCUT2D eigenvalue weighted by Crippen LogP contribution is 2.31. The predicted molar refractivity (Wildman–Crippen MR) is 71.1 cm³/mol. The van der Waals surface area contributed by atoms with Crippen LogP contribution in [-0.4, -0.2) is 23.1 Å². The van der Waals surface area contributed by atoms with Crippen LogP contribution in [0.15, 0.2) is 42.5 Å². The number of hydrogen-bond acceptors (Lipinski definition) is 3. The van der Waals surface area contributed by atoms with Crippen LogP contribution in [0.3, 0.4) is 0 Å². The van der Waals surface area contributed by atoms with E-state index in [1.54, 1.807) is 6.92 Å². The average Bonchev–Trinajstić information content (AvgIpc) is 2.73. The van der Waals surface area contributed by atoms with Gasteiger partial charge >= 0.3 is 6.09 Å². The Balaban J connectivity index is 2.01. The zero-order valence-corrected chi connectivity index (χ0v) is 10.9. The number of likely N-dealkylation sites (tertiary alicyclic amines) is 1. The topological polar surface area (TPSA) is 53.3 Å². The minimum absolute atomic E-state index is 0.212. The summed E-state index contributed by atoms with van der Waals surface area (Å²) < 4.78 is 5.25. The smallest absolute Gasteiger partial charge is 0.411 e. The van der Waals surface area contributed by atoms with Gasteiger partial charge in [0.25, 0.3) is 0 Å². The van der Waals surface area contributed by atoms with Crippen molar-refractivity contribution in [1.29, 1.82) is 5.26 Å². The van der Waals surface area contributed by atoms with E-state index in [-0.39, 0.29) is 6.61 Å². The predicted octanol–water partition coefficient (Wildman–Crippen LogP) is 2.87. The highest BCUT2D eigenvalue weighted by atomic mass is 16.6. The van der Waals surface area contributed by atoms with Crippen molar-refractivity contribution in [3.8, 4) is 6.07 Å². The van der Waals surface area contributed by atoms with Gasteiger partial charge in [-0.15, -0.1) is 0 Å². The van der Waals surface area contributed by atoms with Crippen LogP contribution in [0.2, 0.25) is 0 Å². The van der Waals surface area contributed by atoms with E-state index < -0.39 is 11.6 Å². The second-order valence-corrected chi connectivity index (χ2v) is 4.94. The molecule has 1 aromatic rings. The Kier molecular flexibility index (Phi) is 3.57. The van der Waals surface area contributed by atoms with Crippen molar-refractivity contribution in [3.63, 3.8) is 0 Å². The number of hydrogen-bond donors (Lipinski definition) is 0. The molecule has 1 aliphatic heterocycles. The molecule has 98 valence electrons. The molecule has 0 saturated carbocycles. The molecule has 0 aliphatic carbocycles. The third-order valence-corrected chi connectivity index (χ3v) is 3.24. The lowest BCUT2D eigenvalue weighted by atomic mass is 10.0. The average molecular weight is 256 g/mol. The molecule has 1 aromatic carbocycles. The van der Waals surface area contributed by atoms with Gasteiger partial charge in [0.2, 0.25) is 0 Å². The lowest BCUT2D eigenvalue weighted by molar-refractivity contribution is 0.0836. The number of benzene rings is 1. The SMILES string of the molecule is C=C1CN(C(=O)OCc2ccccc2)[C@](C)(C#N)C1. The summed E-state index contributed by atoms with van der Waals surface area (Å²) in [7, 11) is 0. The summed E-state index contributed by atoms with van der Waals surface area (Å²) in [5.74, 6) is 0. The van der Waals surface area contributed by atoms with Crippen molar-refractivity contribution in [1.82, 2.24) is 4.90 Å². The molecule has 0 N–H and O–H groups in total. The van der Waals surface area contributed by atoms with Crippen molar-refractivity contribution >= 4 is 6.09 Å². The molecule has 1 aliphatic rings. The standard InChI is InChI=1S/C15H16N2O2/c1-12-8-15(2,11-16)17(9-12)14(18)19-10-13-6-4-3-5-7-13/h3-7H,1,8-10H2,2H3/t15-/m0/s1. The molecule has 4 heteroatoms. The van der Waals surface area contributed by atoms with Gasteiger partial charge in [0.1, 0.15) is 12.1 Å². The van der Waals surface area contributed by atoms with Crippen LogP contribution in [-0.2, 0) is 11.3 Å². The maximum Gasteiger partial charge on any atom is 0.411 e. The van der Waals surface area contributed by atoms with E-state index in [0.717, 1.165) is 11.1 Å². The lowest BCUT2D eigenvalue weighted by Gasteiger charge is -2.27. The van der Waals surface area contributed by atoms with E-state index in [1.165, 1.54) is 4.90 Å². The van der Waals surface area contributed by atoms with Gasteiger partial charge in [0.05, 0.1) is 6.07 Å². The number of ether oxygens (including phenoxy) is 1. The van der Waals surface area contributed by atoms with E-state index in [0.29, 0.717) is 13.0 Å². The first-order valence-electron chi connectivity index (χ1n) is 6.11. The largest absolute Gasteiger partial charge is 0.445 e. The molecular formula is C15H16N2O2. The molecule has 1 fully saturated rings. The number of rotatable bonds is 2. The minimum Gasteiger partial charge on any atom is -0.445 e. The van der Waals surface area contributed by atoms with Gasteiger partial charge in [-0.25, -0.2) is 4.79 Å². The van der Waals surface area contributed by atoms with Crippen LogP contribution in [0, 0.1) is 11.3 Å². The van der Waals surface area contributed by atoms with Crippen molar-refractivity contribution < 1.29 is 9.53 Å². The minimum atomic E-state index is -0.842. The van der Waals surface area contributed by atoms with Crippen molar-refractivity contribution in [2.24, 2.45) is 0 Å². The number of nitriles is 1. The molecular weight excluding hydrogens is 240 g/mol. The zero-order valence-electron chi connectivity index (χ0n) is 10.9. The molecule has 4 nitrogen and oxygen atoms in total. The van der Waals surface area contributed by atoms with E-state index in [2.05, 4.69) is 12.6 Å². The van der Waals surface area contributed by atoms with E-state index in [4.69, 9.17) is 4.74 Å². The van der Waals surface area contributed by atoms with Crippen molar-refractivity contribution in [3.05, 3.63) is 48.0 Å².